The molecule has 6 heteroatoms. The summed E-state index contributed by atoms with van der Waals surface area (Å²) in [6, 6.07) is 15.8. The van der Waals surface area contributed by atoms with Crippen molar-refractivity contribution in [1.29, 1.82) is 0 Å². The second-order valence-electron chi connectivity index (χ2n) is 6.96. The van der Waals surface area contributed by atoms with Crippen molar-refractivity contribution >= 4 is 11.8 Å². The summed E-state index contributed by atoms with van der Waals surface area (Å²) < 4.78 is 10.6. The number of benzene rings is 2. The molecule has 0 spiro atoms. The van der Waals surface area contributed by atoms with Gasteiger partial charge in [0.2, 0.25) is 18.6 Å². The monoisotopic (exact) mass is 382 g/mol. The molecule has 1 heterocycles. The minimum Gasteiger partial charge on any atom is -0.454 e. The lowest BCUT2D eigenvalue weighted by molar-refractivity contribution is -0.126. The van der Waals surface area contributed by atoms with Crippen LogP contribution in [-0.4, -0.2) is 24.6 Å². The Kier molecular flexibility index (Phi) is 6.89. The van der Waals surface area contributed by atoms with Crippen LogP contribution in [0.5, 0.6) is 11.5 Å². The third-order valence-electron chi connectivity index (χ3n) is 4.62. The third-order valence-corrected chi connectivity index (χ3v) is 4.62. The lowest BCUT2D eigenvalue weighted by Crippen LogP contribution is -2.34. The Balaban J connectivity index is 1.32. The molecule has 0 saturated carbocycles. The molecule has 1 aliphatic rings. The summed E-state index contributed by atoms with van der Waals surface area (Å²) in [5.41, 5.74) is 2.18. The highest BCUT2D eigenvalue weighted by molar-refractivity contribution is 5.83. The van der Waals surface area contributed by atoms with Crippen LogP contribution in [0.3, 0.4) is 0 Å². The van der Waals surface area contributed by atoms with E-state index >= 15 is 0 Å². The average Bonchev–Trinajstić information content (AvgIpc) is 3.18. The fourth-order valence-corrected chi connectivity index (χ4v) is 3.01. The Hall–Kier alpha value is -3.02. The van der Waals surface area contributed by atoms with Crippen molar-refractivity contribution in [3.63, 3.8) is 0 Å². The Labute approximate surface area is 165 Å². The maximum absolute atomic E-state index is 12.0. The smallest absolute Gasteiger partial charge is 0.231 e. The van der Waals surface area contributed by atoms with Crippen molar-refractivity contribution in [2.24, 2.45) is 0 Å². The standard InChI is InChI=1S/C22H26N2O4/c1-16(7-8-17-5-3-2-4-6-17)24-22(26)12-11-21(25)23-14-18-9-10-19-20(13-18)28-15-27-19/h2-6,9-10,13,16H,7-8,11-12,14-15H2,1H3,(H,23,25)(H,24,26)/t16-/m1/s1. The number of ether oxygens (including phenoxy) is 2. The van der Waals surface area contributed by atoms with E-state index in [0.29, 0.717) is 18.0 Å². The summed E-state index contributed by atoms with van der Waals surface area (Å²) in [7, 11) is 0. The van der Waals surface area contributed by atoms with Crippen LogP contribution in [0.15, 0.2) is 48.5 Å². The van der Waals surface area contributed by atoms with Crippen molar-refractivity contribution in [1.82, 2.24) is 10.6 Å². The number of carbonyl (C=O) groups excluding carboxylic acids is 2. The molecule has 0 unspecified atom stereocenters. The van der Waals surface area contributed by atoms with Gasteiger partial charge < -0.3 is 20.1 Å². The van der Waals surface area contributed by atoms with Gasteiger partial charge in [-0.1, -0.05) is 36.4 Å². The molecule has 0 aromatic heterocycles. The number of hydrogen-bond donors (Lipinski definition) is 2. The Morgan fingerprint density at radius 3 is 2.54 bits per heavy atom. The molecule has 2 amide bonds. The Bertz CT molecular complexity index is 807. The van der Waals surface area contributed by atoms with Crippen LogP contribution in [0.4, 0.5) is 0 Å². The second-order valence-corrected chi connectivity index (χ2v) is 6.96. The number of amides is 2. The Morgan fingerprint density at radius 2 is 1.71 bits per heavy atom. The molecule has 3 rings (SSSR count). The topological polar surface area (TPSA) is 76.7 Å². The molecular formula is C22H26N2O4. The van der Waals surface area contributed by atoms with Crippen molar-refractivity contribution in [2.45, 2.75) is 45.2 Å². The van der Waals surface area contributed by atoms with E-state index in [1.165, 1.54) is 5.56 Å². The zero-order chi connectivity index (χ0) is 19.8. The van der Waals surface area contributed by atoms with Gasteiger partial charge in [-0.05, 0) is 43.0 Å². The molecule has 148 valence electrons. The first-order chi connectivity index (χ1) is 13.6. The van der Waals surface area contributed by atoms with E-state index in [1.807, 2.05) is 43.3 Å². The summed E-state index contributed by atoms with van der Waals surface area (Å²) in [6.45, 7) is 2.61. The van der Waals surface area contributed by atoms with E-state index in [2.05, 4.69) is 22.8 Å². The summed E-state index contributed by atoms with van der Waals surface area (Å²) in [4.78, 5) is 24.1. The molecule has 2 aromatic rings. The van der Waals surface area contributed by atoms with Gasteiger partial charge in [0, 0.05) is 25.4 Å². The molecule has 0 fully saturated rings. The van der Waals surface area contributed by atoms with E-state index in [1.54, 1.807) is 0 Å². The van der Waals surface area contributed by atoms with E-state index in [-0.39, 0.29) is 37.5 Å². The molecule has 0 saturated heterocycles. The van der Waals surface area contributed by atoms with Gasteiger partial charge in [0.15, 0.2) is 11.5 Å². The second kappa shape index (κ2) is 9.78. The highest BCUT2D eigenvalue weighted by atomic mass is 16.7. The zero-order valence-electron chi connectivity index (χ0n) is 16.1. The first kappa shape index (κ1) is 19.7. The molecule has 0 aliphatic carbocycles. The quantitative estimate of drug-likeness (QED) is 0.699. The van der Waals surface area contributed by atoms with E-state index < -0.39 is 0 Å². The minimum absolute atomic E-state index is 0.0735. The number of nitrogens with one attached hydrogen (secondary N) is 2. The van der Waals surface area contributed by atoms with E-state index in [0.717, 1.165) is 18.4 Å². The number of aryl methyl sites for hydroxylation is 1. The molecule has 28 heavy (non-hydrogen) atoms. The largest absolute Gasteiger partial charge is 0.454 e. The summed E-state index contributed by atoms with van der Waals surface area (Å²) in [6.07, 6.45) is 2.13. The maximum Gasteiger partial charge on any atom is 0.231 e. The molecule has 6 nitrogen and oxygen atoms in total. The van der Waals surface area contributed by atoms with Crippen molar-refractivity contribution in [3.05, 3.63) is 59.7 Å². The van der Waals surface area contributed by atoms with Crippen LogP contribution >= 0.6 is 0 Å². The average molecular weight is 382 g/mol. The van der Waals surface area contributed by atoms with Crippen molar-refractivity contribution in [3.8, 4) is 11.5 Å². The summed E-state index contributed by atoms with van der Waals surface area (Å²) >= 11 is 0. The van der Waals surface area contributed by atoms with Crippen LogP contribution in [0.25, 0.3) is 0 Å². The van der Waals surface area contributed by atoms with Crippen LogP contribution in [0.1, 0.15) is 37.3 Å². The van der Waals surface area contributed by atoms with Crippen LogP contribution in [0, 0.1) is 0 Å². The molecule has 1 atom stereocenters. The van der Waals surface area contributed by atoms with Gasteiger partial charge in [0.1, 0.15) is 0 Å². The third kappa shape index (κ3) is 6.01. The van der Waals surface area contributed by atoms with Gasteiger partial charge >= 0.3 is 0 Å². The molecule has 1 aliphatic heterocycles. The SMILES string of the molecule is C[C@H](CCc1ccccc1)NC(=O)CCC(=O)NCc1ccc2c(c1)OCO2. The molecule has 0 radical (unpaired) electrons. The lowest BCUT2D eigenvalue weighted by atomic mass is 10.1. The first-order valence-corrected chi connectivity index (χ1v) is 9.58. The van der Waals surface area contributed by atoms with E-state index in [4.69, 9.17) is 9.47 Å². The fraction of sp³-hybridized carbons (Fsp3) is 0.364. The Morgan fingerprint density at radius 1 is 0.964 bits per heavy atom. The van der Waals surface area contributed by atoms with Crippen molar-refractivity contribution < 1.29 is 19.1 Å². The van der Waals surface area contributed by atoms with Gasteiger partial charge in [-0.3, -0.25) is 9.59 Å². The van der Waals surface area contributed by atoms with Gasteiger partial charge in [-0.2, -0.15) is 0 Å². The summed E-state index contributed by atoms with van der Waals surface area (Å²) in [5, 5.41) is 5.79. The van der Waals surface area contributed by atoms with Crippen molar-refractivity contribution in [2.75, 3.05) is 6.79 Å². The number of rotatable bonds is 9. The van der Waals surface area contributed by atoms with Crippen LogP contribution in [0.2, 0.25) is 0 Å². The first-order valence-electron chi connectivity index (χ1n) is 9.58. The predicted octanol–water partition coefficient (Wildman–Crippen LogP) is 2.95. The molecule has 0 bridgehead atoms. The maximum atomic E-state index is 12.0. The number of carbonyl (C=O) groups is 2. The van der Waals surface area contributed by atoms with Gasteiger partial charge in [0.05, 0.1) is 0 Å². The van der Waals surface area contributed by atoms with Gasteiger partial charge in [0.25, 0.3) is 0 Å². The highest BCUT2D eigenvalue weighted by Gasteiger charge is 2.14. The summed E-state index contributed by atoms with van der Waals surface area (Å²) in [5.74, 6) is 1.16. The lowest BCUT2D eigenvalue weighted by Gasteiger charge is -2.14. The minimum atomic E-state index is -0.148. The van der Waals surface area contributed by atoms with Gasteiger partial charge in [-0.15, -0.1) is 0 Å². The number of hydrogen-bond acceptors (Lipinski definition) is 4. The van der Waals surface area contributed by atoms with Crippen LogP contribution in [-0.2, 0) is 22.6 Å². The fourth-order valence-electron chi connectivity index (χ4n) is 3.01. The van der Waals surface area contributed by atoms with Crippen LogP contribution < -0.4 is 20.1 Å². The zero-order valence-corrected chi connectivity index (χ0v) is 16.1. The van der Waals surface area contributed by atoms with Gasteiger partial charge in [-0.25, -0.2) is 0 Å². The molecule has 2 aromatic carbocycles. The number of fused-ring (bicyclic) bond motifs is 1. The normalized spacial score (nSPS) is 13.0. The molecule has 2 N–H and O–H groups in total. The highest BCUT2D eigenvalue weighted by Crippen LogP contribution is 2.32. The molecular weight excluding hydrogens is 356 g/mol. The van der Waals surface area contributed by atoms with E-state index in [9.17, 15) is 9.59 Å². The predicted molar refractivity (Wildman–Crippen MR) is 106 cm³/mol.